The Kier molecular flexibility index (Phi) is 10.6. The lowest BCUT2D eigenvalue weighted by Crippen LogP contribution is -2.54. The fourth-order valence-electron chi connectivity index (χ4n) is 7.89. The van der Waals surface area contributed by atoms with Gasteiger partial charge in [0.1, 0.15) is 12.2 Å². The van der Waals surface area contributed by atoms with E-state index in [9.17, 15) is 14.4 Å². The Hall–Kier alpha value is -4.84. The van der Waals surface area contributed by atoms with E-state index >= 15 is 0 Å². The maximum Gasteiger partial charge on any atom is 0.335 e. The SMILES string of the molecule is CCOc1cc(/C=C2\C(=O)NC(=O)N(c3cc4c5c(c3)[C@H](c3ccccc3)CCN5CC[C@H]4c3ccccc3)C2=O)cc(I)c1OCc1ccc(Cl)c(Cl)c1. The first-order chi connectivity index (χ1) is 26.7. The summed E-state index contributed by atoms with van der Waals surface area (Å²) in [6, 6.07) is 32.7. The van der Waals surface area contributed by atoms with Gasteiger partial charge >= 0.3 is 6.03 Å². The zero-order chi connectivity index (χ0) is 38.2. The standard InChI is InChI=1S/C44H36Cl2IN3O5/c1-2-54-39-22-27(21-38(47)41(39)55-25-26-13-14-36(45)37(46)20-26)19-35-42(51)48-44(53)50(43(35)52)30-23-33-31(28-9-5-3-6-10-28)15-17-49-18-16-32(34(24-30)40(33)49)29-11-7-4-8-12-29/h3-14,19-24,31-32H,2,15-18,25H2,1H3,(H,48,51,53)/b35-19+/t31-,32-/m0/s1. The first-order valence-electron chi connectivity index (χ1n) is 18.2. The van der Waals surface area contributed by atoms with Gasteiger partial charge in [-0.25, -0.2) is 9.69 Å². The average Bonchev–Trinajstić information content (AvgIpc) is 3.18. The van der Waals surface area contributed by atoms with E-state index in [1.54, 1.807) is 24.3 Å². The van der Waals surface area contributed by atoms with Gasteiger partial charge in [-0.15, -0.1) is 0 Å². The van der Waals surface area contributed by atoms with Crippen LogP contribution in [-0.2, 0) is 16.2 Å². The number of hydrogen-bond donors (Lipinski definition) is 1. The third kappa shape index (κ3) is 7.33. The highest BCUT2D eigenvalue weighted by Gasteiger charge is 2.40. The third-order valence-electron chi connectivity index (χ3n) is 10.4. The van der Waals surface area contributed by atoms with Gasteiger partial charge in [-0.05, 0) is 118 Å². The van der Waals surface area contributed by atoms with Crippen molar-refractivity contribution >= 4 is 81.1 Å². The van der Waals surface area contributed by atoms with E-state index in [1.165, 1.54) is 22.9 Å². The number of rotatable bonds is 9. The van der Waals surface area contributed by atoms with Crippen LogP contribution in [0, 0.1) is 3.57 Å². The lowest BCUT2D eigenvalue weighted by molar-refractivity contribution is -0.122. The van der Waals surface area contributed by atoms with Gasteiger partial charge in [-0.3, -0.25) is 14.9 Å². The second-order valence-corrected chi connectivity index (χ2v) is 15.7. The first-order valence-corrected chi connectivity index (χ1v) is 20.0. The third-order valence-corrected chi connectivity index (χ3v) is 11.9. The van der Waals surface area contributed by atoms with Crippen LogP contribution in [0.2, 0.25) is 10.0 Å². The maximum absolute atomic E-state index is 14.5. The normalized spacial score (nSPS) is 18.6. The van der Waals surface area contributed by atoms with Crippen molar-refractivity contribution in [2.45, 2.75) is 38.2 Å². The van der Waals surface area contributed by atoms with Crippen molar-refractivity contribution in [1.29, 1.82) is 0 Å². The molecule has 3 aliphatic heterocycles. The summed E-state index contributed by atoms with van der Waals surface area (Å²) in [5.41, 5.74) is 7.28. The number of benzene rings is 5. The van der Waals surface area contributed by atoms with Crippen LogP contribution < -0.4 is 24.6 Å². The Morgan fingerprint density at radius 2 is 1.44 bits per heavy atom. The van der Waals surface area contributed by atoms with Crippen LogP contribution >= 0.6 is 45.8 Å². The van der Waals surface area contributed by atoms with Gasteiger partial charge in [0, 0.05) is 30.6 Å². The molecule has 2 atom stereocenters. The molecule has 1 fully saturated rings. The van der Waals surface area contributed by atoms with Crippen LogP contribution in [0.3, 0.4) is 0 Å². The Morgan fingerprint density at radius 1 is 0.800 bits per heavy atom. The van der Waals surface area contributed by atoms with Gasteiger partial charge < -0.3 is 14.4 Å². The molecule has 0 spiro atoms. The molecule has 4 amide bonds. The van der Waals surface area contributed by atoms with Crippen molar-refractivity contribution in [3.63, 3.8) is 0 Å². The number of amides is 4. The van der Waals surface area contributed by atoms with E-state index < -0.39 is 17.8 Å². The Morgan fingerprint density at radius 3 is 2.04 bits per heavy atom. The number of ether oxygens (including phenoxy) is 2. The fraction of sp³-hybridized carbons (Fsp3) is 0.205. The minimum absolute atomic E-state index is 0.0664. The highest BCUT2D eigenvalue weighted by atomic mass is 127. The van der Waals surface area contributed by atoms with E-state index in [0.29, 0.717) is 43.0 Å². The number of nitrogens with zero attached hydrogens (tertiary/aromatic N) is 2. The molecular formula is C44H36Cl2IN3O5. The lowest BCUT2D eigenvalue weighted by Gasteiger charge is -2.44. The van der Waals surface area contributed by atoms with Crippen LogP contribution in [0.4, 0.5) is 16.2 Å². The van der Waals surface area contributed by atoms with Gasteiger partial charge in [0.2, 0.25) is 0 Å². The van der Waals surface area contributed by atoms with Gasteiger partial charge in [-0.1, -0.05) is 89.9 Å². The molecule has 0 saturated carbocycles. The summed E-state index contributed by atoms with van der Waals surface area (Å²) in [7, 11) is 0. The van der Waals surface area contributed by atoms with Crippen LogP contribution in [0.1, 0.15) is 65.0 Å². The molecule has 0 bridgehead atoms. The molecule has 5 aromatic carbocycles. The highest BCUT2D eigenvalue weighted by Crippen LogP contribution is 2.50. The van der Waals surface area contributed by atoms with Crippen LogP contribution in [0.25, 0.3) is 6.08 Å². The Labute approximate surface area is 343 Å². The van der Waals surface area contributed by atoms with Crippen LogP contribution in [0.15, 0.2) is 109 Å². The molecule has 278 valence electrons. The molecule has 5 aromatic rings. The lowest BCUT2D eigenvalue weighted by atomic mass is 9.76. The van der Waals surface area contributed by atoms with Gasteiger partial charge in [0.25, 0.3) is 11.8 Å². The first kappa shape index (κ1) is 37.1. The second-order valence-electron chi connectivity index (χ2n) is 13.7. The molecule has 1 N–H and O–H groups in total. The molecule has 8 rings (SSSR count). The summed E-state index contributed by atoms with van der Waals surface area (Å²) in [6.07, 6.45) is 3.29. The van der Waals surface area contributed by atoms with E-state index in [2.05, 4.69) is 57.1 Å². The molecule has 1 saturated heterocycles. The predicted molar refractivity (Wildman–Crippen MR) is 225 cm³/mol. The van der Waals surface area contributed by atoms with Crippen molar-refractivity contribution in [3.8, 4) is 11.5 Å². The Bertz CT molecular complexity index is 2280. The number of nitrogens with one attached hydrogen (secondary N) is 1. The van der Waals surface area contributed by atoms with Crippen molar-refractivity contribution in [2.75, 3.05) is 29.5 Å². The largest absolute Gasteiger partial charge is 0.490 e. The zero-order valence-corrected chi connectivity index (χ0v) is 33.5. The number of anilines is 2. The minimum atomic E-state index is -0.786. The van der Waals surface area contributed by atoms with Crippen LogP contribution in [-0.4, -0.2) is 37.5 Å². The van der Waals surface area contributed by atoms with E-state index in [0.717, 1.165) is 47.5 Å². The minimum Gasteiger partial charge on any atom is -0.490 e. The number of hydrogen-bond acceptors (Lipinski definition) is 6. The number of imide groups is 2. The number of urea groups is 1. The van der Waals surface area contributed by atoms with Crippen molar-refractivity contribution in [1.82, 2.24) is 5.32 Å². The summed E-state index contributed by atoms with van der Waals surface area (Å²) in [5.74, 6) is -0.396. The number of halogens is 3. The van der Waals surface area contributed by atoms with E-state index in [1.807, 2.05) is 61.5 Å². The number of carbonyl (C=O) groups is 3. The quantitative estimate of drug-likeness (QED) is 0.0902. The molecule has 0 unspecified atom stereocenters. The zero-order valence-electron chi connectivity index (χ0n) is 29.9. The molecule has 3 aliphatic rings. The topological polar surface area (TPSA) is 88.2 Å². The van der Waals surface area contributed by atoms with E-state index in [4.69, 9.17) is 32.7 Å². The molecule has 0 aliphatic carbocycles. The summed E-state index contributed by atoms with van der Waals surface area (Å²) in [4.78, 5) is 45.1. The van der Waals surface area contributed by atoms with Gasteiger partial charge in [0.05, 0.1) is 25.9 Å². The number of barbiturate groups is 1. The number of carbonyl (C=O) groups excluding carboxylic acids is 3. The van der Waals surface area contributed by atoms with Crippen molar-refractivity contribution in [2.24, 2.45) is 0 Å². The molecule has 8 nitrogen and oxygen atoms in total. The van der Waals surface area contributed by atoms with Gasteiger partial charge in [-0.2, -0.15) is 0 Å². The van der Waals surface area contributed by atoms with Gasteiger partial charge in [0.15, 0.2) is 11.5 Å². The van der Waals surface area contributed by atoms with Crippen molar-refractivity contribution < 1.29 is 23.9 Å². The molecule has 0 aromatic heterocycles. The molecule has 3 heterocycles. The second kappa shape index (κ2) is 15.7. The van der Waals surface area contributed by atoms with Crippen LogP contribution in [0.5, 0.6) is 11.5 Å². The highest BCUT2D eigenvalue weighted by molar-refractivity contribution is 14.1. The molecule has 55 heavy (non-hydrogen) atoms. The average molecular weight is 885 g/mol. The Balaban J connectivity index is 1.18. The maximum atomic E-state index is 14.5. The molecule has 11 heteroatoms. The van der Waals surface area contributed by atoms with E-state index in [-0.39, 0.29) is 24.0 Å². The molecular weight excluding hydrogens is 848 g/mol. The fourth-order valence-corrected chi connectivity index (χ4v) is 8.99. The smallest absolute Gasteiger partial charge is 0.335 e. The predicted octanol–water partition coefficient (Wildman–Crippen LogP) is 10.1. The van der Waals surface area contributed by atoms with Crippen molar-refractivity contribution in [3.05, 3.63) is 156 Å². The summed E-state index contributed by atoms with van der Waals surface area (Å²) >= 11 is 14.4. The summed E-state index contributed by atoms with van der Waals surface area (Å²) in [6.45, 7) is 4.24. The molecule has 0 radical (unpaired) electrons. The monoisotopic (exact) mass is 883 g/mol. The summed E-state index contributed by atoms with van der Waals surface area (Å²) < 4.78 is 12.8. The summed E-state index contributed by atoms with van der Waals surface area (Å²) in [5, 5.41) is 3.32.